The predicted octanol–water partition coefficient (Wildman–Crippen LogP) is 3.68. The lowest BCUT2D eigenvalue weighted by molar-refractivity contribution is 0.00752. The van der Waals surface area contributed by atoms with Gasteiger partial charge in [-0.05, 0) is 19.8 Å². The molecule has 1 atom stereocenters. The van der Waals surface area contributed by atoms with E-state index in [-0.39, 0.29) is 24.0 Å². The molecule has 0 saturated carbocycles. The number of aromatic nitrogens is 1. The van der Waals surface area contributed by atoms with E-state index in [1.165, 1.54) is 5.56 Å². The van der Waals surface area contributed by atoms with Gasteiger partial charge >= 0.3 is 0 Å². The summed E-state index contributed by atoms with van der Waals surface area (Å²) in [5, 5.41) is 6.82. The molecule has 0 bridgehead atoms. The van der Waals surface area contributed by atoms with Crippen LogP contribution in [0, 0.1) is 12.8 Å². The normalized spacial score (nSPS) is 16.1. The van der Waals surface area contributed by atoms with Gasteiger partial charge in [0.2, 0.25) is 5.89 Å². The summed E-state index contributed by atoms with van der Waals surface area (Å²) in [7, 11) is 0. The number of guanidine groups is 1. The van der Waals surface area contributed by atoms with Gasteiger partial charge in [-0.3, -0.25) is 4.90 Å². The summed E-state index contributed by atoms with van der Waals surface area (Å²) in [6.07, 6.45) is 1.77. The van der Waals surface area contributed by atoms with Crippen LogP contribution in [0.3, 0.4) is 0 Å². The lowest BCUT2D eigenvalue weighted by Crippen LogP contribution is -2.52. The van der Waals surface area contributed by atoms with Gasteiger partial charge in [0, 0.05) is 37.8 Å². The zero-order valence-electron chi connectivity index (χ0n) is 19.1. The second-order valence-electron chi connectivity index (χ2n) is 8.02. The van der Waals surface area contributed by atoms with Gasteiger partial charge in [-0.25, -0.2) is 9.98 Å². The molecule has 2 aromatic rings. The number of aliphatic imine (C=N–C) groups is 1. The van der Waals surface area contributed by atoms with Gasteiger partial charge in [0.05, 0.1) is 19.4 Å². The fourth-order valence-electron chi connectivity index (χ4n) is 3.62. The zero-order chi connectivity index (χ0) is 21.3. The molecule has 1 aliphatic rings. The number of hydrogen-bond acceptors (Lipinski definition) is 5. The molecule has 2 N–H and O–H groups in total. The predicted molar refractivity (Wildman–Crippen MR) is 136 cm³/mol. The Morgan fingerprint density at radius 2 is 1.87 bits per heavy atom. The van der Waals surface area contributed by atoms with Gasteiger partial charge in [0.1, 0.15) is 6.54 Å². The number of ether oxygens (including phenoxy) is 1. The van der Waals surface area contributed by atoms with E-state index in [1.807, 2.05) is 12.1 Å². The van der Waals surface area contributed by atoms with Gasteiger partial charge in [0.25, 0.3) is 0 Å². The van der Waals surface area contributed by atoms with Crippen LogP contribution in [-0.2, 0) is 11.3 Å². The summed E-state index contributed by atoms with van der Waals surface area (Å²) in [5.41, 5.74) is 2.25. The standard InChI is InChI=1S/C23H35N5O2.HI/c1-5-24-23(26-14-20(17(2)3)28-10-12-29-13-11-28)27-16-22-25-15-21(30-22)19-8-6-18(4)7-9-19;/h6-9,15,17,20H,5,10-14,16H2,1-4H3,(H2,24,26,27);1H. The van der Waals surface area contributed by atoms with Crippen LogP contribution in [0.25, 0.3) is 11.3 Å². The van der Waals surface area contributed by atoms with E-state index < -0.39 is 0 Å². The molecule has 3 rings (SSSR count). The monoisotopic (exact) mass is 541 g/mol. The number of oxazole rings is 1. The van der Waals surface area contributed by atoms with Gasteiger partial charge < -0.3 is 19.8 Å². The highest BCUT2D eigenvalue weighted by Crippen LogP contribution is 2.21. The number of benzene rings is 1. The van der Waals surface area contributed by atoms with Crippen molar-refractivity contribution in [1.82, 2.24) is 20.5 Å². The molecule has 2 heterocycles. The minimum absolute atomic E-state index is 0. The van der Waals surface area contributed by atoms with E-state index in [0.29, 0.717) is 24.4 Å². The van der Waals surface area contributed by atoms with E-state index in [1.54, 1.807) is 6.20 Å². The largest absolute Gasteiger partial charge is 0.439 e. The van der Waals surface area contributed by atoms with Crippen molar-refractivity contribution in [1.29, 1.82) is 0 Å². The third-order valence-corrected chi connectivity index (χ3v) is 5.37. The average Bonchev–Trinajstić information content (AvgIpc) is 3.22. The summed E-state index contributed by atoms with van der Waals surface area (Å²) in [6.45, 7) is 14.3. The Morgan fingerprint density at radius 3 is 2.52 bits per heavy atom. The Hall–Kier alpha value is -1.65. The van der Waals surface area contributed by atoms with Crippen LogP contribution in [0.2, 0.25) is 0 Å². The fourth-order valence-corrected chi connectivity index (χ4v) is 3.62. The number of rotatable bonds is 8. The second-order valence-corrected chi connectivity index (χ2v) is 8.02. The van der Waals surface area contributed by atoms with Gasteiger partial charge in [-0.2, -0.15) is 0 Å². The van der Waals surface area contributed by atoms with Crippen molar-refractivity contribution in [3.8, 4) is 11.3 Å². The van der Waals surface area contributed by atoms with Crippen LogP contribution in [0.5, 0.6) is 0 Å². The van der Waals surface area contributed by atoms with Crippen molar-refractivity contribution < 1.29 is 9.15 Å². The third-order valence-electron chi connectivity index (χ3n) is 5.37. The topological polar surface area (TPSA) is 74.9 Å². The van der Waals surface area contributed by atoms with Crippen molar-refractivity contribution in [3.63, 3.8) is 0 Å². The third kappa shape index (κ3) is 7.76. The maximum Gasteiger partial charge on any atom is 0.216 e. The maximum atomic E-state index is 5.90. The Balaban J connectivity index is 0.00000341. The highest BCUT2D eigenvalue weighted by molar-refractivity contribution is 14.0. The van der Waals surface area contributed by atoms with Crippen LogP contribution in [0.4, 0.5) is 0 Å². The van der Waals surface area contributed by atoms with Crippen LogP contribution in [0.15, 0.2) is 39.9 Å². The molecule has 0 aliphatic carbocycles. The molecule has 8 heteroatoms. The molecule has 31 heavy (non-hydrogen) atoms. The Labute approximate surface area is 203 Å². The average molecular weight is 541 g/mol. The maximum absolute atomic E-state index is 5.90. The number of nitrogens with zero attached hydrogens (tertiary/aromatic N) is 3. The lowest BCUT2D eigenvalue weighted by Gasteiger charge is -2.37. The number of aryl methyl sites for hydroxylation is 1. The first kappa shape index (κ1) is 25.6. The van der Waals surface area contributed by atoms with Crippen LogP contribution >= 0.6 is 24.0 Å². The molecular weight excluding hydrogens is 505 g/mol. The number of morpholine rings is 1. The van der Waals surface area contributed by atoms with Gasteiger partial charge in [-0.1, -0.05) is 43.7 Å². The van der Waals surface area contributed by atoms with Crippen LogP contribution in [0.1, 0.15) is 32.2 Å². The van der Waals surface area contributed by atoms with E-state index in [0.717, 1.165) is 56.7 Å². The first-order valence-corrected chi connectivity index (χ1v) is 10.9. The zero-order valence-corrected chi connectivity index (χ0v) is 21.4. The molecular formula is C23H36IN5O2. The quantitative estimate of drug-likeness (QED) is 0.302. The van der Waals surface area contributed by atoms with Crippen molar-refractivity contribution in [3.05, 3.63) is 41.9 Å². The molecule has 0 amide bonds. The molecule has 1 fully saturated rings. The van der Waals surface area contributed by atoms with Crippen molar-refractivity contribution in [2.45, 2.75) is 40.3 Å². The lowest BCUT2D eigenvalue weighted by atomic mass is 10.0. The molecule has 172 valence electrons. The first-order chi connectivity index (χ1) is 14.6. The number of nitrogens with one attached hydrogen (secondary N) is 2. The van der Waals surface area contributed by atoms with Crippen LogP contribution < -0.4 is 10.6 Å². The smallest absolute Gasteiger partial charge is 0.216 e. The molecule has 0 spiro atoms. The van der Waals surface area contributed by atoms with E-state index in [9.17, 15) is 0 Å². The summed E-state index contributed by atoms with van der Waals surface area (Å²) in [6, 6.07) is 8.68. The van der Waals surface area contributed by atoms with Crippen molar-refractivity contribution in [2.24, 2.45) is 10.9 Å². The summed E-state index contributed by atoms with van der Waals surface area (Å²) < 4.78 is 11.4. The van der Waals surface area contributed by atoms with Crippen LogP contribution in [-0.4, -0.2) is 61.3 Å². The Kier molecular flexibility index (Phi) is 10.8. The Bertz CT molecular complexity index is 801. The van der Waals surface area contributed by atoms with Crippen molar-refractivity contribution in [2.75, 3.05) is 39.4 Å². The molecule has 0 radical (unpaired) electrons. The van der Waals surface area contributed by atoms with E-state index in [2.05, 4.69) is 65.3 Å². The SMILES string of the molecule is CCNC(=NCc1ncc(-c2ccc(C)cc2)o1)NCC(C(C)C)N1CCOCC1.I. The molecule has 1 aliphatic heterocycles. The molecule has 1 saturated heterocycles. The number of halogens is 1. The highest BCUT2D eigenvalue weighted by Gasteiger charge is 2.23. The number of hydrogen-bond donors (Lipinski definition) is 2. The molecule has 7 nitrogen and oxygen atoms in total. The minimum atomic E-state index is 0. The fraction of sp³-hybridized carbons (Fsp3) is 0.565. The van der Waals surface area contributed by atoms with E-state index in [4.69, 9.17) is 9.15 Å². The molecule has 1 aromatic heterocycles. The molecule has 1 aromatic carbocycles. The highest BCUT2D eigenvalue weighted by atomic mass is 127. The van der Waals surface area contributed by atoms with Crippen molar-refractivity contribution >= 4 is 29.9 Å². The second kappa shape index (κ2) is 13.0. The summed E-state index contributed by atoms with van der Waals surface area (Å²) in [5.74, 6) is 2.70. The summed E-state index contributed by atoms with van der Waals surface area (Å²) >= 11 is 0. The Morgan fingerprint density at radius 1 is 1.16 bits per heavy atom. The van der Waals surface area contributed by atoms with Gasteiger partial charge in [0.15, 0.2) is 11.7 Å². The molecule has 1 unspecified atom stereocenters. The van der Waals surface area contributed by atoms with Gasteiger partial charge in [-0.15, -0.1) is 24.0 Å². The first-order valence-electron chi connectivity index (χ1n) is 10.9. The summed E-state index contributed by atoms with van der Waals surface area (Å²) in [4.78, 5) is 11.6. The van der Waals surface area contributed by atoms with E-state index >= 15 is 0 Å². The minimum Gasteiger partial charge on any atom is -0.439 e.